The van der Waals surface area contributed by atoms with Crippen LogP contribution >= 0.6 is 11.8 Å². The topological polar surface area (TPSA) is 37.3 Å². The minimum atomic E-state index is -0.647. The number of unbranched alkanes of at least 4 members (excludes halogenated alkanes) is 7. The molecule has 1 N–H and O–H groups in total. The third-order valence-corrected chi connectivity index (χ3v) is 6.20. The van der Waals surface area contributed by atoms with E-state index in [9.17, 15) is 4.79 Å². The number of aliphatic carboxylic acids is 1. The molecular formula is C18H34O2S. The van der Waals surface area contributed by atoms with Crippen molar-refractivity contribution >= 4 is 17.7 Å². The summed E-state index contributed by atoms with van der Waals surface area (Å²) in [5, 5.41) is 10.3. The lowest BCUT2D eigenvalue weighted by atomic mass is 10.0. The molecule has 0 radical (unpaired) electrons. The smallest absolute Gasteiger partial charge is 0.303 e. The normalized spacial score (nSPS) is 21.8. The fourth-order valence-electron chi connectivity index (χ4n) is 3.18. The van der Waals surface area contributed by atoms with E-state index in [1.54, 1.807) is 0 Å². The van der Waals surface area contributed by atoms with Gasteiger partial charge in [0.15, 0.2) is 0 Å². The number of carboxylic acid groups (broad SMARTS) is 1. The summed E-state index contributed by atoms with van der Waals surface area (Å²) in [5.41, 5.74) is 0. The highest BCUT2D eigenvalue weighted by atomic mass is 32.2. The van der Waals surface area contributed by atoms with E-state index in [1.165, 1.54) is 70.6 Å². The molecule has 1 saturated heterocycles. The molecule has 0 saturated carbocycles. The average Bonchev–Trinajstić information content (AvgIpc) is 2.90. The van der Waals surface area contributed by atoms with Crippen molar-refractivity contribution in [3.05, 3.63) is 0 Å². The first-order valence-corrected chi connectivity index (χ1v) is 10.0. The largest absolute Gasteiger partial charge is 0.481 e. The Bertz CT molecular complexity index is 268. The van der Waals surface area contributed by atoms with Crippen LogP contribution in [0.3, 0.4) is 0 Å². The van der Waals surface area contributed by atoms with Gasteiger partial charge >= 0.3 is 5.97 Å². The van der Waals surface area contributed by atoms with E-state index in [0.29, 0.717) is 6.42 Å². The molecule has 0 amide bonds. The molecule has 124 valence electrons. The van der Waals surface area contributed by atoms with Crippen molar-refractivity contribution < 1.29 is 9.90 Å². The van der Waals surface area contributed by atoms with Crippen LogP contribution in [-0.4, -0.2) is 21.6 Å². The van der Waals surface area contributed by atoms with Gasteiger partial charge in [-0.05, 0) is 32.1 Å². The highest BCUT2D eigenvalue weighted by Crippen LogP contribution is 2.39. The van der Waals surface area contributed by atoms with Crippen LogP contribution in [0.25, 0.3) is 0 Å². The van der Waals surface area contributed by atoms with Crippen molar-refractivity contribution in [1.82, 2.24) is 0 Å². The van der Waals surface area contributed by atoms with Gasteiger partial charge in [0.2, 0.25) is 0 Å². The number of rotatable bonds is 13. The first-order chi connectivity index (χ1) is 10.2. The predicted octanol–water partition coefficient (Wildman–Crippen LogP) is 6.04. The summed E-state index contributed by atoms with van der Waals surface area (Å²) in [7, 11) is 0. The van der Waals surface area contributed by atoms with Crippen molar-refractivity contribution in [2.45, 2.75) is 107 Å². The van der Waals surface area contributed by atoms with Gasteiger partial charge < -0.3 is 5.11 Å². The number of hydrogen-bond acceptors (Lipinski definition) is 2. The zero-order valence-corrected chi connectivity index (χ0v) is 14.6. The van der Waals surface area contributed by atoms with E-state index < -0.39 is 5.97 Å². The second-order valence-electron chi connectivity index (χ2n) is 6.51. The first kappa shape index (κ1) is 18.9. The maximum Gasteiger partial charge on any atom is 0.303 e. The Hall–Kier alpha value is -0.180. The zero-order chi connectivity index (χ0) is 15.3. The lowest BCUT2D eigenvalue weighted by Crippen LogP contribution is -2.00. The third-order valence-electron chi connectivity index (χ3n) is 4.49. The second kappa shape index (κ2) is 12.4. The second-order valence-corrected chi connectivity index (χ2v) is 8.11. The minimum absolute atomic E-state index is 0.346. The molecule has 0 spiro atoms. The first-order valence-electron chi connectivity index (χ1n) is 9.09. The van der Waals surface area contributed by atoms with Gasteiger partial charge in [0.25, 0.3) is 0 Å². The SMILES string of the molecule is CCCCCCCCCC1CCC(CCCCC(=O)O)S1. The van der Waals surface area contributed by atoms with Crippen molar-refractivity contribution in [3.63, 3.8) is 0 Å². The summed E-state index contributed by atoms with van der Waals surface area (Å²) < 4.78 is 0. The molecule has 1 aliphatic heterocycles. The molecule has 3 heteroatoms. The van der Waals surface area contributed by atoms with E-state index in [2.05, 4.69) is 18.7 Å². The summed E-state index contributed by atoms with van der Waals surface area (Å²) in [6.45, 7) is 2.27. The summed E-state index contributed by atoms with van der Waals surface area (Å²) in [6.07, 6.45) is 17.5. The van der Waals surface area contributed by atoms with Crippen LogP contribution in [0.15, 0.2) is 0 Å². The Morgan fingerprint density at radius 1 is 0.905 bits per heavy atom. The molecule has 1 rings (SSSR count). The van der Waals surface area contributed by atoms with Crippen molar-refractivity contribution in [1.29, 1.82) is 0 Å². The van der Waals surface area contributed by atoms with Crippen LogP contribution < -0.4 is 0 Å². The lowest BCUT2D eigenvalue weighted by Gasteiger charge is -2.11. The summed E-state index contributed by atoms with van der Waals surface area (Å²) in [5.74, 6) is -0.647. The number of carbonyl (C=O) groups is 1. The Morgan fingerprint density at radius 3 is 2.00 bits per heavy atom. The summed E-state index contributed by atoms with van der Waals surface area (Å²) >= 11 is 2.19. The molecule has 2 atom stereocenters. The minimum Gasteiger partial charge on any atom is -0.481 e. The van der Waals surface area contributed by atoms with Crippen LogP contribution in [0.5, 0.6) is 0 Å². The van der Waals surface area contributed by atoms with Crippen LogP contribution in [0.4, 0.5) is 0 Å². The summed E-state index contributed by atoms with van der Waals surface area (Å²) in [4.78, 5) is 10.5. The molecule has 1 fully saturated rings. The van der Waals surface area contributed by atoms with E-state index in [-0.39, 0.29) is 0 Å². The molecule has 0 bridgehead atoms. The van der Waals surface area contributed by atoms with Gasteiger partial charge in [0.05, 0.1) is 0 Å². The zero-order valence-electron chi connectivity index (χ0n) is 13.8. The number of carboxylic acids is 1. The summed E-state index contributed by atoms with van der Waals surface area (Å²) in [6, 6.07) is 0. The Balaban J connectivity index is 1.90. The Labute approximate surface area is 135 Å². The average molecular weight is 315 g/mol. The Morgan fingerprint density at radius 2 is 1.43 bits per heavy atom. The molecule has 0 aliphatic carbocycles. The van der Waals surface area contributed by atoms with E-state index in [4.69, 9.17) is 5.11 Å². The van der Waals surface area contributed by atoms with E-state index >= 15 is 0 Å². The van der Waals surface area contributed by atoms with Gasteiger partial charge in [-0.2, -0.15) is 11.8 Å². The van der Waals surface area contributed by atoms with Gasteiger partial charge in [-0.3, -0.25) is 4.79 Å². The molecule has 2 unspecified atom stereocenters. The van der Waals surface area contributed by atoms with Crippen molar-refractivity contribution in [2.24, 2.45) is 0 Å². The van der Waals surface area contributed by atoms with Gasteiger partial charge in [0, 0.05) is 16.9 Å². The van der Waals surface area contributed by atoms with E-state index in [1.807, 2.05) is 0 Å². The monoisotopic (exact) mass is 314 g/mol. The third kappa shape index (κ3) is 10.2. The highest BCUT2D eigenvalue weighted by molar-refractivity contribution is 8.00. The Kier molecular flexibility index (Phi) is 11.1. The van der Waals surface area contributed by atoms with Gasteiger partial charge in [-0.25, -0.2) is 0 Å². The van der Waals surface area contributed by atoms with Gasteiger partial charge in [0.1, 0.15) is 0 Å². The molecule has 21 heavy (non-hydrogen) atoms. The molecule has 0 aromatic carbocycles. The molecular weight excluding hydrogens is 280 g/mol. The fourth-order valence-corrected chi connectivity index (χ4v) is 4.88. The number of thioether (sulfide) groups is 1. The number of hydrogen-bond donors (Lipinski definition) is 1. The van der Waals surface area contributed by atoms with Gasteiger partial charge in [-0.1, -0.05) is 58.3 Å². The van der Waals surface area contributed by atoms with Gasteiger partial charge in [-0.15, -0.1) is 0 Å². The fraction of sp³-hybridized carbons (Fsp3) is 0.944. The maximum atomic E-state index is 10.5. The van der Waals surface area contributed by atoms with Crippen LogP contribution in [0.1, 0.15) is 96.8 Å². The molecule has 1 aliphatic rings. The predicted molar refractivity (Wildman–Crippen MR) is 93.1 cm³/mol. The quantitative estimate of drug-likeness (QED) is 0.421. The van der Waals surface area contributed by atoms with E-state index in [0.717, 1.165) is 23.3 Å². The standard InChI is InChI=1S/C18H34O2S/c1-2-3-4-5-6-7-8-11-16-14-15-17(21-16)12-9-10-13-18(19)20/h16-17H,2-15H2,1H3,(H,19,20). The molecule has 1 heterocycles. The lowest BCUT2D eigenvalue weighted by molar-refractivity contribution is -0.137. The van der Waals surface area contributed by atoms with Crippen LogP contribution in [0.2, 0.25) is 0 Å². The maximum absolute atomic E-state index is 10.5. The van der Waals surface area contributed by atoms with Crippen LogP contribution in [0, 0.1) is 0 Å². The highest BCUT2D eigenvalue weighted by Gasteiger charge is 2.24. The van der Waals surface area contributed by atoms with Crippen molar-refractivity contribution in [2.75, 3.05) is 0 Å². The molecule has 0 aromatic heterocycles. The molecule has 2 nitrogen and oxygen atoms in total. The van der Waals surface area contributed by atoms with Crippen LogP contribution in [-0.2, 0) is 4.79 Å². The molecule has 0 aromatic rings. The van der Waals surface area contributed by atoms with Crippen molar-refractivity contribution in [3.8, 4) is 0 Å².